The predicted octanol–water partition coefficient (Wildman–Crippen LogP) is 0.547. The fraction of sp³-hybridized carbons (Fsp3) is 1.00. The molecule has 13 heavy (non-hydrogen) atoms. The van der Waals surface area contributed by atoms with Crippen LogP contribution >= 0.6 is 11.6 Å². The van der Waals surface area contributed by atoms with E-state index in [1.165, 1.54) is 0 Å². The molecule has 0 aromatic heterocycles. The molecule has 0 bridgehead atoms. The van der Waals surface area contributed by atoms with Gasteiger partial charge in [-0.2, -0.15) is 0 Å². The standard InChI is InChI=1S/C8H16ClNO3/c1-11-5-4-6(12-2)10-8(13-3)7(5)9/h5-8,10H,4H2,1-3H3. The Bertz CT molecular complexity index is 144. The van der Waals surface area contributed by atoms with E-state index in [-0.39, 0.29) is 23.9 Å². The van der Waals surface area contributed by atoms with Crippen molar-refractivity contribution >= 4 is 11.6 Å². The van der Waals surface area contributed by atoms with Crippen LogP contribution < -0.4 is 5.32 Å². The Morgan fingerprint density at radius 1 is 1.15 bits per heavy atom. The second-order valence-corrected chi connectivity index (χ2v) is 3.51. The Balaban J connectivity index is 2.56. The minimum atomic E-state index is -0.217. The molecule has 1 fully saturated rings. The molecule has 5 heteroatoms. The number of nitrogens with one attached hydrogen (secondary N) is 1. The minimum absolute atomic E-state index is 0.0298. The molecule has 0 aromatic rings. The lowest BCUT2D eigenvalue weighted by molar-refractivity contribution is -0.0894. The number of halogens is 1. The van der Waals surface area contributed by atoms with Gasteiger partial charge in [-0.3, -0.25) is 5.32 Å². The summed E-state index contributed by atoms with van der Waals surface area (Å²) in [6, 6.07) is 0. The number of hydrogen-bond donors (Lipinski definition) is 1. The molecule has 1 N–H and O–H groups in total. The maximum absolute atomic E-state index is 6.10. The summed E-state index contributed by atoms with van der Waals surface area (Å²) in [4.78, 5) is 0. The normalized spacial score (nSPS) is 40.6. The summed E-state index contributed by atoms with van der Waals surface area (Å²) in [6.45, 7) is 0. The van der Waals surface area contributed by atoms with Gasteiger partial charge in [0.05, 0.1) is 11.5 Å². The first-order valence-electron chi connectivity index (χ1n) is 4.21. The van der Waals surface area contributed by atoms with Gasteiger partial charge in [0.15, 0.2) is 0 Å². The average molecular weight is 210 g/mol. The van der Waals surface area contributed by atoms with Crippen LogP contribution in [-0.4, -0.2) is 45.3 Å². The van der Waals surface area contributed by atoms with Crippen LogP contribution in [0.25, 0.3) is 0 Å². The van der Waals surface area contributed by atoms with Crippen molar-refractivity contribution < 1.29 is 14.2 Å². The molecular weight excluding hydrogens is 194 g/mol. The minimum Gasteiger partial charge on any atom is -0.380 e. The molecule has 1 heterocycles. The molecule has 1 saturated heterocycles. The van der Waals surface area contributed by atoms with Crippen LogP contribution in [-0.2, 0) is 14.2 Å². The Labute approximate surface area is 83.5 Å². The third-order valence-corrected chi connectivity index (χ3v) is 2.79. The van der Waals surface area contributed by atoms with Crippen molar-refractivity contribution in [3.8, 4) is 0 Å². The molecule has 0 aliphatic carbocycles. The third-order valence-electron chi connectivity index (χ3n) is 2.28. The molecule has 4 atom stereocenters. The van der Waals surface area contributed by atoms with Crippen LogP contribution in [0.3, 0.4) is 0 Å². The summed E-state index contributed by atoms with van der Waals surface area (Å²) in [5.41, 5.74) is 0. The maximum atomic E-state index is 6.10. The first-order valence-corrected chi connectivity index (χ1v) is 4.65. The average Bonchev–Trinajstić information content (AvgIpc) is 2.18. The number of alkyl halides is 1. The fourth-order valence-electron chi connectivity index (χ4n) is 1.47. The highest BCUT2D eigenvalue weighted by Crippen LogP contribution is 2.22. The van der Waals surface area contributed by atoms with Gasteiger partial charge < -0.3 is 14.2 Å². The lowest BCUT2D eigenvalue weighted by Gasteiger charge is -2.37. The SMILES string of the molecule is COC1CC(OC)C(Cl)C(OC)N1. The Kier molecular flexibility index (Phi) is 4.41. The Morgan fingerprint density at radius 3 is 2.31 bits per heavy atom. The monoisotopic (exact) mass is 209 g/mol. The number of ether oxygens (including phenoxy) is 3. The highest BCUT2D eigenvalue weighted by atomic mass is 35.5. The Hall–Kier alpha value is 0.130. The molecule has 1 aliphatic rings. The molecule has 1 rings (SSSR count). The molecule has 78 valence electrons. The summed E-state index contributed by atoms with van der Waals surface area (Å²) in [6.07, 6.45) is 0.439. The van der Waals surface area contributed by atoms with E-state index in [0.29, 0.717) is 0 Å². The molecule has 0 saturated carbocycles. The van der Waals surface area contributed by atoms with Gasteiger partial charge in [-0.25, -0.2) is 0 Å². The van der Waals surface area contributed by atoms with Gasteiger partial charge >= 0.3 is 0 Å². The van der Waals surface area contributed by atoms with Crippen molar-refractivity contribution in [1.82, 2.24) is 5.32 Å². The van der Waals surface area contributed by atoms with Crippen LogP contribution in [0.5, 0.6) is 0 Å². The Morgan fingerprint density at radius 2 is 1.85 bits per heavy atom. The van der Waals surface area contributed by atoms with Crippen molar-refractivity contribution in [3.05, 3.63) is 0 Å². The number of hydrogen-bond acceptors (Lipinski definition) is 4. The van der Waals surface area contributed by atoms with Crippen molar-refractivity contribution in [2.75, 3.05) is 21.3 Å². The van der Waals surface area contributed by atoms with Crippen LogP contribution in [0.1, 0.15) is 6.42 Å². The van der Waals surface area contributed by atoms with Gasteiger partial charge in [0.25, 0.3) is 0 Å². The number of methoxy groups -OCH3 is 3. The van der Waals surface area contributed by atoms with E-state index < -0.39 is 0 Å². The van der Waals surface area contributed by atoms with E-state index in [0.717, 1.165) is 6.42 Å². The zero-order valence-electron chi connectivity index (χ0n) is 8.12. The molecule has 0 aromatic carbocycles. The first-order chi connectivity index (χ1) is 6.22. The second kappa shape index (κ2) is 5.12. The van der Waals surface area contributed by atoms with Crippen LogP contribution in [0.15, 0.2) is 0 Å². The van der Waals surface area contributed by atoms with E-state index in [1.54, 1.807) is 21.3 Å². The van der Waals surface area contributed by atoms with E-state index >= 15 is 0 Å². The predicted molar refractivity (Wildman–Crippen MR) is 49.8 cm³/mol. The molecule has 4 nitrogen and oxygen atoms in total. The van der Waals surface area contributed by atoms with E-state index in [1.807, 2.05) is 0 Å². The zero-order valence-corrected chi connectivity index (χ0v) is 8.88. The summed E-state index contributed by atoms with van der Waals surface area (Å²) >= 11 is 6.10. The summed E-state index contributed by atoms with van der Waals surface area (Å²) in [7, 11) is 4.90. The molecule has 0 amide bonds. The van der Waals surface area contributed by atoms with Crippen molar-refractivity contribution in [3.63, 3.8) is 0 Å². The highest BCUT2D eigenvalue weighted by Gasteiger charge is 2.36. The molecule has 0 radical (unpaired) electrons. The molecule has 1 aliphatic heterocycles. The van der Waals surface area contributed by atoms with Gasteiger partial charge in [0, 0.05) is 27.8 Å². The first kappa shape index (κ1) is 11.2. The zero-order chi connectivity index (χ0) is 9.84. The maximum Gasteiger partial charge on any atom is 0.128 e. The van der Waals surface area contributed by atoms with E-state index in [2.05, 4.69) is 5.32 Å². The summed E-state index contributed by atoms with van der Waals surface area (Å²) in [5.74, 6) is 0. The fourth-order valence-corrected chi connectivity index (χ4v) is 1.85. The molecule has 4 unspecified atom stereocenters. The topological polar surface area (TPSA) is 39.7 Å². The van der Waals surface area contributed by atoms with Gasteiger partial charge in [-0.05, 0) is 0 Å². The number of rotatable bonds is 3. The van der Waals surface area contributed by atoms with Gasteiger partial charge in [-0.15, -0.1) is 11.6 Å². The van der Waals surface area contributed by atoms with Crippen molar-refractivity contribution in [1.29, 1.82) is 0 Å². The van der Waals surface area contributed by atoms with E-state index in [4.69, 9.17) is 25.8 Å². The van der Waals surface area contributed by atoms with E-state index in [9.17, 15) is 0 Å². The van der Waals surface area contributed by atoms with Gasteiger partial charge in [-0.1, -0.05) is 0 Å². The highest BCUT2D eigenvalue weighted by molar-refractivity contribution is 6.21. The summed E-state index contributed by atoms with van der Waals surface area (Å²) < 4.78 is 15.6. The van der Waals surface area contributed by atoms with Crippen LogP contribution in [0.2, 0.25) is 0 Å². The molecule has 0 spiro atoms. The van der Waals surface area contributed by atoms with Crippen molar-refractivity contribution in [2.45, 2.75) is 30.4 Å². The van der Waals surface area contributed by atoms with Gasteiger partial charge in [0.1, 0.15) is 12.5 Å². The largest absolute Gasteiger partial charge is 0.380 e. The third kappa shape index (κ3) is 2.54. The second-order valence-electron chi connectivity index (χ2n) is 3.00. The lowest BCUT2D eigenvalue weighted by atomic mass is 10.1. The quantitative estimate of drug-likeness (QED) is 0.690. The number of piperidine rings is 1. The molecular formula is C8H16ClNO3. The lowest BCUT2D eigenvalue weighted by Crippen LogP contribution is -2.56. The van der Waals surface area contributed by atoms with Gasteiger partial charge in [0.2, 0.25) is 0 Å². The van der Waals surface area contributed by atoms with Crippen LogP contribution in [0.4, 0.5) is 0 Å². The smallest absolute Gasteiger partial charge is 0.128 e. The van der Waals surface area contributed by atoms with Crippen LogP contribution in [0, 0.1) is 0 Å². The van der Waals surface area contributed by atoms with Crippen molar-refractivity contribution in [2.24, 2.45) is 0 Å². The summed E-state index contributed by atoms with van der Waals surface area (Å²) in [5, 5.41) is 2.93.